The number of nitrogens with zero attached hydrogens (tertiary/aromatic N) is 1. The number of carbonyl (C=O) groups is 2. The predicted octanol–water partition coefficient (Wildman–Crippen LogP) is 4.00. The van der Waals surface area contributed by atoms with Crippen LogP contribution in [0, 0.1) is 0 Å². The fraction of sp³-hybridized carbons (Fsp3) is 0.227. The van der Waals surface area contributed by atoms with E-state index in [0.29, 0.717) is 23.9 Å². The van der Waals surface area contributed by atoms with E-state index in [1.807, 2.05) is 54.6 Å². The molecule has 0 spiro atoms. The number of hydrogen-bond donors (Lipinski definition) is 2. The van der Waals surface area contributed by atoms with Crippen molar-refractivity contribution in [2.75, 3.05) is 12.9 Å². The molecular weight excluding hydrogens is 402 g/mol. The fourth-order valence-corrected chi connectivity index (χ4v) is 3.41. The molecule has 0 radical (unpaired) electrons. The second-order valence-corrected chi connectivity index (χ2v) is 7.50. The minimum absolute atomic E-state index is 0.243. The molecule has 3 aromatic rings. The molecule has 2 aromatic carbocycles. The number of ether oxygens (including phenoxy) is 1. The van der Waals surface area contributed by atoms with Gasteiger partial charge in [-0.1, -0.05) is 30.3 Å². The summed E-state index contributed by atoms with van der Waals surface area (Å²) in [4.78, 5) is 28.1. The molecule has 0 aliphatic heterocycles. The zero-order valence-electron chi connectivity index (χ0n) is 16.6. The summed E-state index contributed by atoms with van der Waals surface area (Å²) < 4.78 is 10.7. The first kappa shape index (κ1) is 21.4. The molecule has 7 nitrogen and oxygen atoms in total. The van der Waals surface area contributed by atoms with E-state index >= 15 is 0 Å². The molecular formula is C22H23N3O4S. The van der Waals surface area contributed by atoms with Crippen LogP contribution in [0.2, 0.25) is 0 Å². The van der Waals surface area contributed by atoms with Gasteiger partial charge in [-0.15, -0.1) is 0 Å². The van der Waals surface area contributed by atoms with E-state index in [1.165, 1.54) is 0 Å². The van der Waals surface area contributed by atoms with Crippen LogP contribution in [0.1, 0.15) is 17.7 Å². The van der Waals surface area contributed by atoms with Gasteiger partial charge in [-0.25, -0.2) is 9.78 Å². The van der Waals surface area contributed by atoms with E-state index in [0.717, 1.165) is 22.6 Å². The number of thioether (sulfide) groups is 1. The maximum Gasteiger partial charge on any atom is 0.321 e. The largest absolute Gasteiger partial charge is 0.497 e. The Balaban J connectivity index is 1.34. The first-order valence-corrected chi connectivity index (χ1v) is 10.6. The van der Waals surface area contributed by atoms with Crippen LogP contribution in [0.3, 0.4) is 0 Å². The van der Waals surface area contributed by atoms with Crippen LogP contribution in [-0.4, -0.2) is 29.8 Å². The van der Waals surface area contributed by atoms with E-state index in [4.69, 9.17) is 9.15 Å². The summed E-state index contributed by atoms with van der Waals surface area (Å²) in [6.45, 7) is 0.372. The van der Waals surface area contributed by atoms with Gasteiger partial charge < -0.3 is 14.5 Å². The van der Waals surface area contributed by atoms with Crippen LogP contribution < -0.4 is 15.4 Å². The van der Waals surface area contributed by atoms with Gasteiger partial charge in [0.05, 0.1) is 12.8 Å². The highest BCUT2D eigenvalue weighted by Gasteiger charge is 2.09. The van der Waals surface area contributed by atoms with Gasteiger partial charge in [-0.3, -0.25) is 10.1 Å². The lowest BCUT2D eigenvalue weighted by atomic mass is 10.2. The third-order valence-electron chi connectivity index (χ3n) is 4.16. The maximum absolute atomic E-state index is 11.9. The number of rotatable bonds is 9. The van der Waals surface area contributed by atoms with Crippen molar-refractivity contribution in [3.8, 4) is 17.2 Å². The highest BCUT2D eigenvalue weighted by atomic mass is 32.2. The van der Waals surface area contributed by atoms with Crippen molar-refractivity contribution in [1.82, 2.24) is 15.6 Å². The molecule has 0 saturated heterocycles. The van der Waals surface area contributed by atoms with Gasteiger partial charge in [0.2, 0.25) is 11.8 Å². The quantitative estimate of drug-likeness (QED) is 0.504. The van der Waals surface area contributed by atoms with Crippen LogP contribution in [0.25, 0.3) is 11.5 Å². The van der Waals surface area contributed by atoms with Crippen LogP contribution in [0.15, 0.2) is 65.3 Å². The first-order chi connectivity index (χ1) is 14.6. The molecule has 0 saturated carbocycles. The van der Waals surface area contributed by atoms with Crippen LogP contribution in [0.5, 0.6) is 5.75 Å². The average Bonchev–Trinajstić information content (AvgIpc) is 3.25. The number of benzene rings is 2. The first-order valence-electron chi connectivity index (χ1n) is 9.42. The normalized spacial score (nSPS) is 10.4. The fourth-order valence-electron chi connectivity index (χ4n) is 2.59. The van der Waals surface area contributed by atoms with Crippen LogP contribution >= 0.6 is 11.8 Å². The molecule has 3 rings (SSSR count). The third-order valence-corrected chi connectivity index (χ3v) is 5.15. The van der Waals surface area contributed by atoms with Gasteiger partial charge in [0, 0.05) is 30.0 Å². The summed E-state index contributed by atoms with van der Waals surface area (Å²) in [5.74, 6) is 2.19. The summed E-state index contributed by atoms with van der Waals surface area (Å²) in [5.41, 5.74) is 2.64. The van der Waals surface area contributed by atoms with E-state index < -0.39 is 6.03 Å². The number of imide groups is 1. The Labute approximate surface area is 179 Å². The summed E-state index contributed by atoms with van der Waals surface area (Å²) in [7, 11) is 1.62. The van der Waals surface area contributed by atoms with E-state index in [1.54, 1.807) is 25.1 Å². The number of oxazole rings is 1. The number of aromatic nitrogens is 1. The van der Waals surface area contributed by atoms with Crippen molar-refractivity contribution >= 4 is 23.7 Å². The SMILES string of the molecule is COc1ccc(-c2nc(CSCCC(=O)NC(=O)NCc3ccccc3)co2)cc1. The Morgan fingerprint density at radius 3 is 2.60 bits per heavy atom. The molecule has 0 aliphatic carbocycles. The number of nitrogens with one attached hydrogen (secondary N) is 2. The number of urea groups is 1. The van der Waals surface area contributed by atoms with Gasteiger partial charge >= 0.3 is 6.03 Å². The van der Waals surface area contributed by atoms with Crippen LogP contribution in [0.4, 0.5) is 4.79 Å². The highest BCUT2D eigenvalue weighted by molar-refractivity contribution is 7.98. The minimum atomic E-state index is -0.491. The molecule has 0 bridgehead atoms. The number of carbonyl (C=O) groups excluding carboxylic acids is 2. The Kier molecular flexibility index (Phi) is 7.91. The predicted molar refractivity (Wildman–Crippen MR) is 116 cm³/mol. The Morgan fingerprint density at radius 1 is 1.10 bits per heavy atom. The Bertz CT molecular complexity index is 958. The van der Waals surface area contributed by atoms with Crippen molar-refractivity contribution < 1.29 is 18.7 Å². The summed E-state index contributed by atoms with van der Waals surface area (Å²) >= 11 is 1.55. The van der Waals surface area contributed by atoms with Crippen LogP contribution in [-0.2, 0) is 17.1 Å². The molecule has 3 amide bonds. The molecule has 0 unspecified atom stereocenters. The minimum Gasteiger partial charge on any atom is -0.497 e. The van der Waals surface area contributed by atoms with Crippen molar-refractivity contribution in [1.29, 1.82) is 0 Å². The summed E-state index contributed by atoms with van der Waals surface area (Å²) in [6.07, 6.45) is 1.86. The molecule has 0 fully saturated rings. The zero-order valence-corrected chi connectivity index (χ0v) is 17.4. The lowest BCUT2D eigenvalue weighted by molar-refractivity contribution is -0.119. The second-order valence-electron chi connectivity index (χ2n) is 6.39. The third kappa shape index (κ3) is 6.66. The van der Waals surface area contributed by atoms with Gasteiger partial charge in [0.1, 0.15) is 12.0 Å². The molecule has 0 atom stereocenters. The van der Waals surface area contributed by atoms with Gasteiger partial charge in [-0.05, 0) is 29.8 Å². The Morgan fingerprint density at radius 2 is 1.87 bits per heavy atom. The van der Waals surface area contributed by atoms with E-state index in [9.17, 15) is 9.59 Å². The number of methoxy groups -OCH3 is 1. The maximum atomic E-state index is 11.9. The lowest BCUT2D eigenvalue weighted by Crippen LogP contribution is -2.39. The van der Waals surface area contributed by atoms with Crippen molar-refractivity contribution in [3.05, 3.63) is 72.1 Å². The molecule has 0 aliphatic rings. The standard InChI is InChI=1S/C22H23N3O4S/c1-28-19-9-7-17(8-10-19)21-24-18(14-29-21)15-30-12-11-20(26)25-22(27)23-13-16-5-3-2-4-6-16/h2-10,14H,11-13,15H2,1H3,(H2,23,25,26,27). The topological polar surface area (TPSA) is 93.5 Å². The monoisotopic (exact) mass is 425 g/mol. The highest BCUT2D eigenvalue weighted by Crippen LogP contribution is 2.23. The average molecular weight is 426 g/mol. The van der Waals surface area contributed by atoms with Crippen molar-refractivity contribution in [2.24, 2.45) is 0 Å². The lowest BCUT2D eigenvalue weighted by Gasteiger charge is -2.06. The van der Waals surface area contributed by atoms with E-state index in [2.05, 4.69) is 15.6 Å². The molecule has 8 heteroatoms. The smallest absolute Gasteiger partial charge is 0.321 e. The van der Waals surface area contributed by atoms with E-state index in [-0.39, 0.29) is 12.3 Å². The van der Waals surface area contributed by atoms with Gasteiger partial charge in [0.25, 0.3) is 0 Å². The van der Waals surface area contributed by atoms with Gasteiger partial charge in [0.15, 0.2) is 0 Å². The van der Waals surface area contributed by atoms with Crippen molar-refractivity contribution in [2.45, 2.75) is 18.7 Å². The number of hydrogen-bond acceptors (Lipinski definition) is 6. The molecule has 1 heterocycles. The van der Waals surface area contributed by atoms with Crippen molar-refractivity contribution in [3.63, 3.8) is 0 Å². The molecule has 2 N–H and O–H groups in total. The summed E-state index contributed by atoms with van der Waals surface area (Å²) in [6, 6.07) is 16.5. The zero-order chi connectivity index (χ0) is 21.2. The Hall–Kier alpha value is -3.26. The molecule has 156 valence electrons. The second kappa shape index (κ2) is 11.1. The van der Waals surface area contributed by atoms with Gasteiger partial charge in [-0.2, -0.15) is 11.8 Å². The molecule has 30 heavy (non-hydrogen) atoms. The number of amides is 3. The summed E-state index contributed by atoms with van der Waals surface area (Å²) in [5, 5.41) is 5.00. The molecule has 1 aromatic heterocycles.